The number of nitrogens with two attached hydrogens (primary N) is 1. The average molecular weight is 190 g/mol. The average Bonchev–Trinajstić information content (AvgIpc) is 2.06. The monoisotopic (exact) mass is 189 g/mol. The van der Waals surface area contributed by atoms with E-state index in [1.165, 1.54) is 13.2 Å². The Balaban J connectivity index is 3.24. The Hall–Kier alpha value is -0.800. The van der Waals surface area contributed by atoms with Gasteiger partial charge in [0.05, 0.1) is 7.11 Å². The van der Waals surface area contributed by atoms with Crippen molar-refractivity contribution in [1.82, 2.24) is 0 Å². The fourth-order valence-electron chi connectivity index (χ4n) is 0.921. The summed E-state index contributed by atoms with van der Waals surface area (Å²) in [4.78, 5) is 0. The second-order valence-electron chi connectivity index (χ2n) is 2.25. The second-order valence-corrected chi connectivity index (χ2v) is 2.65. The molecule has 0 atom stereocenters. The standard InChI is InChI=1S/C8H9ClFNO/c1-12-7-3-2-6(9)5(4-11)8(7)10/h2-3H,4,11H2,1H3. The van der Waals surface area contributed by atoms with E-state index in [4.69, 9.17) is 22.1 Å². The van der Waals surface area contributed by atoms with Crippen molar-refractivity contribution < 1.29 is 9.13 Å². The number of ether oxygens (including phenoxy) is 1. The highest BCUT2D eigenvalue weighted by atomic mass is 35.5. The molecule has 4 heteroatoms. The predicted octanol–water partition coefficient (Wildman–Crippen LogP) is 1.95. The van der Waals surface area contributed by atoms with Gasteiger partial charge in [0.2, 0.25) is 0 Å². The molecule has 0 radical (unpaired) electrons. The van der Waals surface area contributed by atoms with Crippen molar-refractivity contribution in [2.24, 2.45) is 5.73 Å². The van der Waals surface area contributed by atoms with Gasteiger partial charge in [-0.3, -0.25) is 0 Å². The molecule has 2 nitrogen and oxygen atoms in total. The van der Waals surface area contributed by atoms with Crippen LogP contribution < -0.4 is 10.5 Å². The van der Waals surface area contributed by atoms with Crippen LogP contribution in [0.2, 0.25) is 5.02 Å². The first-order valence-electron chi connectivity index (χ1n) is 3.41. The van der Waals surface area contributed by atoms with Gasteiger partial charge in [0, 0.05) is 17.1 Å². The van der Waals surface area contributed by atoms with Gasteiger partial charge in [0.15, 0.2) is 11.6 Å². The van der Waals surface area contributed by atoms with E-state index in [1.54, 1.807) is 6.07 Å². The van der Waals surface area contributed by atoms with Gasteiger partial charge in [-0.15, -0.1) is 0 Å². The summed E-state index contributed by atoms with van der Waals surface area (Å²) in [5.41, 5.74) is 5.58. The summed E-state index contributed by atoms with van der Waals surface area (Å²) in [7, 11) is 1.40. The normalized spacial score (nSPS) is 10.0. The number of hydrogen-bond acceptors (Lipinski definition) is 2. The Morgan fingerprint density at radius 1 is 1.58 bits per heavy atom. The second kappa shape index (κ2) is 3.74. The third kappa shape index (κ3) is 1.52. The predicted molar refractivity (Wildman–Crippen MR) is 45.9 cm³/mol. The van der Waals surface area contributed by atoms with E-state index >= 15 is 0 Å². The lowest BCUT2D eigenvalue weighted by Crippen LogP contribution is -2.02. The lowest BCUT2D eigenvalue weighted by atomic mass is 10.2. The van der Waals surface area contributed by atoms with Gasteiger partial charge in [-0.2, -0.15) is 0 Å². The number of halogens is 2. The van der Waals surface area contributed by atoms with Gasteiger partial charge < -0.3 is 10.5 Å². The van der Waals surface area contributed by atoms with Crippen molar-refractivity contribution in [3.63, 3.8) is 0 Å². The van der Waals surface area contributed by atoms with E-state index < -0.39 is 5.82 Å². The lowest BCUT2D eigenvalue weighted by Gasteiger charge is -2.06. The van der Waals surface area contributed by atoms with Crippen molar-refractivity contribution in [1.29, 1.82) is 0 Å². The number of rotatable bonds is 2. The molecule has 0 aliphatic carbocycles. The van der Waals surface area contributed by atoms with Crippen LogP contribution in [0.4, 0.5) is 4.39 Å². The fraction of sp³-hybridized carbons (Fsp3) is 0.250. The molecule has 0 unspecified atom stereocenters. The molecule has 0 aromatic heterocycles. The Morgan fingerprint density at radius 2 is 2.25 bits per heavy atom. The molecule has 12 heavy (non-hydrogen) atoms. The number of methoxy groups -OCH3 is 1. The number of hydrogen-bond donors (Lipinski definition) is 1. The highest BCUT2D eigenvalue weighted by molar-refractivity contribution is 6.31. The van der Waals surface area contributed by atoms with Crippen LogP contribution in [-0.4, -0.2) is 7.11 Å². The molecule has 0 spiro atoms. The smallest absolute Gasteiger partial charge is 0.171 e. The van der Waals surface area contributed by atoms with Gasteiger partial charge in [0.25, 0.3) is 0 Å². The molecule has 0 saturated carbocycles. The minimum atomic E-state index is -0.479. The molecule has 0 heterocycles. The van der Waals surface area contributed by atoms with E-state index in [0.717, 1.165) is 0 Å². The first kappa shape index (κ1) is 9.29. The van der Waals surface area contributed by atoms with Crippen LogP contribution in [0.5, 0.6) is 5.75 Å². The van der Waals surface area contributed by atoms with Crippen molar-refractivity contribution in [3.05, 3.63) is 28.5 Å². The minimum absolute atomic E-state index is 0.0713. The number of benzene rings is 1. The molecule has 0 fully saturated rings. The van der Waals surface area contributed by atoms with Gasteiger partial charge >= 0.3 is 0 Å². The molecule has 0 aliphatic rings. The molecule has 1 aromatic rings. The van der Waals surface area contributed by atoms with E-state index in [9.17, 15) is 4.39 Å². The maximum absolute atomic E-state index is 13.2. The third-order valence-corrected chi connectivity index (χ3v) is 1.93. The highest BCUT2D eigenvalue weighted by Gasteiger charge is 2.10. The quantitative estimate of drug-likeness (QED) is 0.772. The van der Waals surface area contributed by atoms with Gasteiger partial charge in [-0.1, -0.05) is 11.6 Å². The molecule has 1 rings (SSSR count). The third-order valence-electron chi connectivity index (χ3n) is 1.57. The molecule has 0 bridgehead atoms. The van der Waals surface area contributed by atoms with Crippen molar-refractivity contribution in [3.8, 4) is 5.75 Å². The molecule has 2 N–H and O–H groups in total. The summed E-state index contributed by atoms with van der Waals surface area (Å²) in [6.07, 6.45) is 0. The maximum atomic E-state index is 13.2. The Morgan fingerprint density at radius 3 is 2.75 bits per heavy atom. The summed E-state index contributed by atoms with van der Waals surface area (Å²) < 4.78 is 18.0. The van der Waals surface area contributed by atoms with Crippen molar-refractivity contribution in [2.75, 3.05) is 7.11 Å². The van der Waals surface area contributed by atoms with Gasteiger partial charge in [0.1, 0.15) is 0 Å². The first-order chi connectivity index (χ1) is 5.70. The molecule has 1 aromatic carbocycles. The van der Waals surface area contributed by atoms with Gasteiger partial charge in [-0.05, 0) is 12.1 Å². The molecule has 66 valence electrons. The van der Waals surface area contributed by atoms with Crippen molar-refractivity contribution >= 4 is 11.6 Å². The zero-order valence-corrected chi connectivity index (χ0v) is 7.36. The van der Waals surface area contributed by atoms with Crippen LogP contribution in [0, 0.1) is 5.82 Å². The van der Waals surface area contributed by atoms with Crippen molar-refractivity contribution in [2.45, 2.75) is 6.54 Å². The highest BCUT2D eigenvalue weighted by Crippen LogP contribution is 2.26. The molecular weight excluding hydrogens is 181 g/mol. The van der Waals surface area contributed by atoms with Crippen LogP contribution in [0.1, 0.15) is 5.56 Å². The van der Waals surface area contributed by atoms with E-state index in [-0.39, 0.29) is 17.9 Å². The van der Waals surface area contributed by atoms with Crippen LogP contribution in [0.15, 0.2) is 12.1 Å². The summed E-state index contributed by atoms with van der Waals surface area (Å²) in [6, 6.07) is 3.03. The summed E-state index contributed by atoms with van der Waals surface area (Å²) in [6.45, 7) is 0.0713. The maximum Gasteiger partial charge on any atom is 0.171 e. The largest absolute Gasteiger partial charge is 0.494 e. The molecule has 0 amide bonds. The summed E-state index contributed by atoms with van der Waals surface area (Å²) in [5.74, 6) is -0.313. The van der Waals surface area contributed by atoms with E-state index in [2.05, 4.69) is 0 Å². The van der Waals surface area contributed by atoms with Crippen LogP contribution in [0.3, 0.4) is 0 Å². The minimum Gasteiger partial charge on any atom is -0.494 e. The Labute approximate surface area is 75.1 Å². The van der Waals surface area contributed by atoms with Gasteiger partial charge in [-0.25, -0.2) is 4.39 Å². The SMILES string of the molecule is COc1ccc(Cl)c(CN)c1F. The van der Waals surface area contributed by atoms with E-state index in [1.807, 2.05) is 0 Å². The van der Waals surface area contributed by atoms with Crippen LogP contribution in [0.25, 0.3) is 0 Å². The van der Waals surface area contributed by atoms with Crippen LogP contribution in [-0.2, 0) is 6.54 Å². The van der Waals surface area contributed by atoms with Crippen LogP contribution >= 0.6 is 11.6 Å². The molecule has 0 saturated heterocycles. The lowest BCUT2D eigenvalue weighted by molar-refractivity contribution is 0.384. The Bertz CT molecular complexity index is 291. The summed E-state index contributed by atoms with van der Waals surface area (Å²) in [5, 5.41) is 0.329. The first-order valence-corrected chi connectivity index (χ1v) is 3.79. The zero-order valence-electron chi connectivity index (χ0n) is 6.60. The summed E-state index contributed by atoms with van der Waals surface area (Å²) >= 11 is 5.68. The topological polar surface area (TPSA) is 35.2 Å². The van der Waals surface area contributed by atoms with E-state index in [0.29, 0.717) is 5.02 Å². The zero-order chi connectivity index (χ0) is 9.14. The molecular formula is C8H9ClFNO. The fourth-order valence-corrected chi connectivity index (χ4v) is 1.14. The Kier molecular flexibility index (Phi) is 2.89. The molecule has 0 aliphatic heterocycles.